The maximum atomic E-state index is 12.7. The monoisotopic (exact) mass is 306 g/mol. The first kappa shape index (κ1) is 16.0. The molecule has 2 aliphatic heterocycles. The minimum atomic E-state index is 0.180. The Bertz CT molecular complexity index is 401. The van der Waals surface area contributed by atoms with E-state index in [1.807, 2.05) is 0 Å². The lowest BCUT2D eigenvalue weighted by molar-refractivity contribution is -0.139. The number of hydrogen-bond donors (Lipinski definition) is 0. The predicted octanol–water partition coefficient (Wildman–Crippen LogP) is 2.47. The SMILES string of the molecule is CC(=O)[C@H]1CC[C@H](C(=O)N2CCC(N3CCCC3)CC2)CC1. The van der Waals surface area contributed by atoms with Gasteiger partial charge in [0.25, 0.3) is 0 Å². The molecule has 0 radical (unpaired) electrons. The summed E-state index contributed by atoms with van der Waals surface area (Å²) in [7, 11) is 0. The van der Waals surface area contributed by atoms with Crippen molar-refractivity contribution in [3.8, 4) is 0 Å². The minimum absolute atomic E-state index is 0.180. The Morgan fingerprint density at radius 2 is 1.32 bits per heavy atom. The molecule has 0 spiro atoms. The van der Waals surface area contributed by atoms with Crippen molar-refractivity contribution >= 4 is 11.7 Å². The molecule has 1 aliphatic carbocycles. The van der Waals surface area contributed by atoms with E-state index in [4.69, 9.17) is 0 Å². The first-order valence-electron chi connectivity index (χ1n) is 9.18. The average Bonchev–Trinajstić information content (AvgIpc) is 3.09. The van der Waals surface area contributed by atoms with Crippen molar-refractivity contribution in [3.05, 3.63) is 0 Å². The number of rotatable bonds is 3. The predicted molar refractivity (Wildman–Crippen MR) is 86.5 cm³/mol. The summed E-state index contributed by atoms with van der Waals surface area (Å²) in [6, 6.07) is 0.708. The summed E-state index contributed by atoms with van der Waals surface area (Å²) in [6.07, 6.45) is 8.64. The second kappa shape index (κ2) is 7.12. The van der Waals surface area contributed by atoms with Crippen molar-refractivity contribution in [2.45, 2.75) is 64.3 Å². The van der Waals surface area contributed by atoms with E-state index in [0.717, 1.165) is 51.6 Å². The van der Waals surface area contributed by atoms with Gasteiger partial charge in [-0.1, -0.05) is 0 Å². The Hall–Kier alpha value is -0.900. The van der Waals surface area contributed by atoms with Crippen LogP contribution in [0.25, 0.3) is 0 Å². The smallest absolute Gasteiger partial charge is 0.225 e. The molecule has 22 heavy (non-hydrogen) atoms. The quantitative estimate of drug-likeness (QED) is 0.804. The molecule has 1 saturated carbocycles. The van der Waals surface area contributed by atoms with Crippen molar-refractivity contribution < 1.29 is 9.59 Å². The largest absolute Gasteiger partial charge is 0.342 e. The second-order valence-corrected chi connectivity index (χ2v) is 7.46. The van der Waals surface area contributed by atoms with Gasteiger partial charge < -0.3 is 9.80 Å². The van der Waals surface area contributed by atoms with Gasteiger partial charge in [0, 0.05) is 31.0 Å². The summed E-state index contributed by atoms with van der Waals surface area (Å²) >= 11 is 0. The average molecular weight is 306 g/mol. The van der Waals surface area contributed by atoms with Gasteiger partial charge in [0.15, 0.2) is 0 Å². The molecule has 3 fully saturated rings. The third-order valence-electron chi connectivity index (χ3n) is 6.08. The highest BCUT2D eigenvalue weighted by Crippen LogP contribution is 2.31. The van der Waals surface area contributed by atoms with E-state index in [0.29, 0.717) is 17.7 Å². The molecule has 0 aromatic carbocycles. The van der Waals surface area contributed by atoms with Gasteiger partial charge in [-0.3, -0.25) is 9.59 Å². The molecule has 4 nitrogen and oxygen atoms in total. The second-order valence-electron chi connectivity index (χ2n) is 7.46. The van der Waals surface area contributed by atoms with Crippen molar-refractivity contribution in [2.24, 2.45) is 11.8 Å². The topological polar surface area (TPSA) is 40.6 Å². The normalized spacial score (nSPS) is 31.4. The highest BCUT2D eigenvalue weighted by atomic mass is 16.2. The Balaban J connectivity index is 1.45. The Morgan fingerprint density at radius 3 is 1.86 bits per heavy atom. The third-order valence-corrected chi connectivity index (χ3v) is 6.08. The summed E-state index contributed by atoms with van der Waals surface area (Å²) in [4.78, 5) is 28.9. The van der Waals surface area contributed by atoms with Gasteiger partial charge >= 0.3 is 0 Å². The number of Topliss-reactive ketones (excluding diaryl/α,β-unsaturated/α-hetero) is 1. The number of carbonyl (C=O) groups is 2. The van der Waals surface area contributed by atoms with E-state index >= 15 is 0 Å². The summed E-state index contributed by atoms with van der Waals surface area (Å²) in [5.41, 5.74) is 0. The number of ketones is 1. The molecule has 124 valence electrons. The van der Waals surface area contributed by atoms with Crippen LogP contribution in [0.15, 0.2) is 0 Å². The molecule has 0 bridgehead atoms. The van der Waals surface area contributed by atoms with Crippen LogP contribution >= 0.6 is 0 Å². The maximum absolute atomic E-state index is 12.7. The minimum Gasteiger partial charge on any atom is -0.342 e. The summed E-state index contributed by atoms with van der Waals surface area (Å²) < 4.78 is 0. The van der Waals surface area contributed by atoms with Gasteiger partial charge in [-0.15, -0.1) is 0 Å². The zero-order valence-corrected chi connectivity index (χ0v) is 13.9. The summed E-state index contributed by atoms with van der Waals surface area (Å²) in [6.45, 7) is 6.08. The molecule has 0 atom stereocenters. The summed E-state index contributed by atoms with van der Waals surface area (Å²) in [5.74, 6) is 1.06. The number of likely N-dealkylation sites (tertiary alicyclic amines) is 2. The molecule has 2 heterocycles. The third kappa shape index (κ3) is 3.53. The Morgan fingerprint density at radius 1 is 0.773 bits per heavy atom. The van der Waals surface area contributed by atoms with E-state index in [1.165, 1.54) is 25.9 Å². The molecular weight excluding hydrogens is 276 g/mol. The molecule has 4 heteroatoms. The van der Waals surface area contributed by atoms with Crippen LogP contribution in [0.1, 0.15) is 58.3 Å². The summed E-state index contributed by atoms with van der Waals surface area (Å²) in [5, 5.41) is 0. The van der Waals surface area contributed by atoms with Crippen molar-refractivity contribution in [2.75, 3.05) is 26.2 Å². The fourth-order valence-corrected chi connectivity index (χ4v) is 4.56. The van der Waals surface area contributed by atoms with Crippen LogP contribution in [-0.4, -0.2) is 53.7 Å². The number of piperidine rings is 1. The molecule has 0 aromatic rings. The number of carbonyl (C=O) groups excluding carboxylic acids is 2. The first-order valence-corrected chi connectivity index (χ1v) is 9.18. The molecule has 3 rings (SSSR count). The zero-order chi connectivity index (χ0) is 15.5. The van der Waals surface area contributed by atoms with E-state index < -0.39 is 0 Å². The highest BCUT2D eigenvalue weighted by molar-refractivity contribution is 5.81. The maximum Gasteiger partial charge on any atom is 0.225 e. The van der Waals surface area contributed by atoms with Crippen LogP contribution in [0.5, 0.6) is 0 Å². The zero-order valence-electron chi connectivity index (χ0n) is 13.9. The molecule has 0 N–H and O–H groups in total. The standard InChI is InChI=1S/C18H30N2O2/c1-14(21)15-4-6-16(7-5-15)18(22)20-12-8-17(9-13-20)19-10-2-3-11-19/h15-17H,2-13H2,1H3/t15-,16-. The number of hydrogen-bond acceptors (Lipinski definition) is 3. The van der Waals surface area contributed by atoms with E-state index in [-0.39, 0.29) is 11.8 Å². The lowest BCUT2D eigenvalue weighted by atomic mass is 9.79. The highest BCUT2D eigenvalue weighted by Gasteiger charge is 2.33. The molecule has 1 amide bonds. The van der Waals surface area contributed by atoms with E-state index in [2.05, 4.69) is 9.80 Å². The first-order chi connectivity index (χ1) is 10.6. The van der Waals surface area contributed by atoms with Gasteiger partial charge in [0.1, 0.15) is 5.78 Å². The van der Waals surface area contributed by atoms with Gasteiger partial charge in [0.05, 0.1) is 0 Å². The van der Waals surface area contributed by atoms with Crippen LogP contribution in [0.4, 0.5) is 0 Å². The van der Waals surface area contributed by atoms with Crippen LogP contribution in [0.3, 0.4) is 0 Å². The fourth-order valence-electron chi connectivity index (χ4n) is 4.56. The van der Waals surface area contributed by atoms with Crippen molar-refractivity contribution in [1.82, 2.24) is 9.80 Å². The van der Waals surface area contributed by atoms with Crippen LogP contribution in [0.2, 0.25) is 0 Å². The van der Waals surface area contributed by atoms with Crippen LogP contribution in [-0.2, 0) is 9.59 Å². The van der Waals surface area contributed by atoms with Crippen molar-refractivity contribution in [1.29, 1.82) is 0 Å². The Labute approximate surface area is 134 Å². The van der Waals surface area contributed by atoms with Crippen molar-refractivity contribution in [3.63, 3.8) is 0 Å². The molecule has 0 unspecified atom stereocenters. The van der Waals surface area contributed by atoms with E-state index in [9.17, 15) is 9.59 Å². The van der Waals surface area contributed by atoms with Gasteiger partial charge in [-0.05, 0) is 71.4 Å². The van der Waals surface area contributed by atoms with Gasteiger partial charge in [-0.2, -0.15) is 0 Å². The fraction of sp³-hybridized carbons (Fsp3) is 0.889. The lowest BCUT2D eigenvalue weighted by Gasteiger charge is -2.39. The van der Waals surface area contributed by atoms with Gasteiger partial charge in [0.2, 0.25) is 5.91 Å². The number of nitrogens with zero attached hydrogens (tertiary/aromatic N) is 2. The molecule has 3 aliphatic rings. The van der Waals surface area contributed by atoms with E-state index in [1.54, 1.807) is 6.92 Å². The molecule has 2 saturated heterocycles. The van der Waals surface area contributed by atoms with Gasteiger partial charge in [-0.25, -0.2) is 0 Å². The molecule has 0 aromatic heterocycles. The van der Waals surface area contributed by atoms with Crippen LogP contribution in [0, 0.1) is 11.8 Å². The number of amides is 1. The lowest BCUT2D eigenvalue weighted by Crippen LogP contribution is -2.48. The van der Waals surface area contributed by atoms with Crippen LogP contribution < -0.4 is 0 Å². The molecular formula is C18H30N2O2. The Kier molecular flexibility index (Phi) is 5.17.